The Morgan fingerprint density at radius 3 is 2.79 bits per heavy atom. The molecule has 4 aromatic rings. The average molecular weight is 367 g/mol. The first-order valence-corrected chi connectivity index (χ1v) is 9.18. The number of nitrogens with zero attached hydrogens (tertiary/aromatic N) is 1. The minimum atomic E-state index is 0.536. The number of aryl methyl sites for hydroxylation is 1. The summed E-state index contributed by atoms with van der Waals surface area (Å²) in [5.74, 6) is 6.63. The van der Waals surface area contributed by atoms with Gasteiger partial charge in [-0.3, -0.25) is 5.10 Å². The Balaban J connectivity index is 1.63. The van der Waals surface area contributed by atoms with Gasteiger partial charge in [-0.05, 0) is 61.4 Å². The second-order valence-electron chi connectivity index (χ2n) is 6.56. The van der Waals surface area contributed by atoms with E-state index in [0.717, 1.165) is 44.9 Å². The molecule has 0 radical (unpaired) electrons. The summed E-state index contributed by atoms with van der Waals surface area (Å²) in [6.45, 7) is 4.43. The maximum absolute atomic E-state index is 5.98. The normalized spacial score (nSPS) is 10.9. The molecule has 4 heteroatoms. The van der Waals surface area contributed by atoms with Gasteiger partial charge in [0, 0.05) is 11.1 Å². The SMILES string of the molecule is CC#C/C=C\c1[nH]c(-c2n[nH]c3ccc(OCc4ccccc4)cc23)cc1C. The fourth-order valence-corrected chi connectivity index (χ4v) is 3.11. The van der Waals surface area contributed by atoms with Gasteiger partial charge < -0.3 is 9.72 Å². The molecule has 0 aliphatic heterocycles. The number of nitrogens with one attached hydrogen (secondary N) is 2. The first kappa shape index (κ1) is 17.7. The number of fused-ring (bicyclic) bond motifs is 1. The lowest BCUT2D eigenvalue weighted by Gasteiger charge is -2.06. The van der Waals surface area contributed by atoms with Gasteiger partial charge in [-0.1, -0.05) is 36.3 Å². The van der Waals surface area contributed by atoms with E-state index in [9.17, 15) is 0 Å². The van der Waals surface area contributed by atoms with Crippen LogP contribution in [-0.4, -0.2) is 15.2 Å². The van der Waals surface area contributed by atoms with E-state index in [4.69, 9.17) is 4.74 Å². The van der Waals surface area contributed by atoms with Crippen molar-refractivity contribution in [3.05, 3.63) is 77.5 Å². The van der Waals surface area contributed by atoms with Gasteiger partial charge >= 0.3 is 0 Å². The van der Waals surface area contributed by atoms with Crippen molar-refractivity contribution in [3.63, 3.8) is 0 Å². The Bertz CT molecular complexity index is 1190. The molecule has 0 spiro atoms. The molecule has 2 aromatic heterocycles. The fraction of sp³-hybridized carbons (Fsp3) is 0.125. The molecule has 2 N–H and O–H groups in total. The van der Waals surface area contributed by atoms with E-state index in [0.29, 0.717) is 6.61 Å². The number of rotatable bonds is 5. The molecule has 4 rings (SSSR count). The van der Waals surface area contributed by atoms with Gasteiger partial charge in [-0.2, -0.15) is 5.10 Å². The van der Waals surface area contributed by atoms with E-state index in [1.54, 1.807) is 0 Å². The van der Waals surface area contributed by atoms with E-state index in [1.807, 2.05) is 55.5 Å². The zero-order valence-electron chi connectivity index (χ0n) is 15.9. The second-order valence-corrected chi connectivity index (χ2v) is 6.56. The number of aromatic nitrogens is 3. The van der Waals surface area contributed by atoms with Crippen molar-refractivity contribution in [1.29, 1.82) is 0 Å². The van der Waals surface area contributed by atoms with Gasteiger partial charge in [-0.15, -0.1) is 5.92 Å². The van der Waals surface area contributed by atoms with Gasteiger partial charge in [0.15, 0.2) is 0 Å². The number of ether oxygens (including phenoxy) is 1. The number of aromatic amines is 2. The second kappa shape index (κ2) is 7.89. The Labute approximate surface area is 164 Å². The van der Waals surface area contributed by atoms with Crippen molar-refractivity contribution in [3.8, 4) is 29.0 Å². The highest BCUT2D eigenvalue weighted by Crippen LogP contribution is 2.30. The molecule has 4 nitrogen and oxygen atoms in total. The highest BCUT2D eigenvalue weighted by atomic mass is 16.5. The van der Waals surface area contributed by atoms with Crippen LogP contribution >= 0.6 is 0 Å². The van der Waals surface area contributed by atoms with Crippen molar-refractivity contribution in [2.75, 3.05) is 0 Å². The lowest BCUT2D eigenvalue weighted by atomic mass is 10.1. The first-order valence-electron chi connectivity index (χ1n) is 9.18. The van der Waals surface area contributed by atoms with Gasteiger partial charge in [0.2, 0.25) is 0 Å². The third-order valence-electron chi connectivity index (χ3n) is 4.57. The summed E-state index contributed by atoms with van der Waals surface area (Å²) in [4.78, 5) is 3.43. The quantitative estimate of drug-likeness (QED) is 0.459. The van der Waals surface area contributed by atoms with Crippen LogP contribution in [-0.2, 0) is 6.61 Å². The highest BCUT2D eigenvalue weighted by Gasteiger charge is 2.12. The number of H-pyrrole nitrogens is 2. The number of hydrogen-bond donors (Lipinski definition) is 2. The largest absolute Gasteiger partial charge is 0.489 e. The summed E-state index contributed by atoms with van der Waals surface area (Å²) in [6.07, 6.45) is 3.83. The van der Waals surface area contributed by atoms with Crippen molar-refractivity contribution >= 4 is 17.0 Å². The van der Waals surface area contributed by atoms with Crippen LogP contribution in [0.5, 0.6) is 5.75 Å². The number of benzene rings is 2. The van der Waals surface area contributed by atoms with Crippen molar-refractivity contribution in [2.24, 2.45) is 0 Å². The third kappa shape index (κ3) is 3.70. The Kier molecular flexibility index (Phi) is 4.99. The van der Waals surface area contributed by atoms with E-state index >= 15 is 0 Å². The van der Waals surface area contributed by atoms with E-state index in [-0.39, 0.29) is 0 Å². The van der Waals surface area contributed by atoms with E-state index < -0.39 is 0 Å². The standard InChI is InChI=1S/C24H21N3O/c1-3-4-6-11-21-17(2)14-23(25-21)24-20-15-19(12-13-22(20)26-27-24)28-16-18-9-7-5-8-10-18/h5-15,25H,16H2,1-2H3,(H,26,27)/b11-6-. The minimum Gasteiger partial charge on any atom is -0.489 e. The van der Waals surface area contributed by atoms with Gasteiger partial charge in [0.1, 0.15) is 18.1 Å². The summed E-state index contributed by atoms with van der Waals surface area (Å²) in [5, 5.41) is 8.64. The highest BCUT2D eigenvalue weighted by molar-refractivity contribution is 5.93. The molecule has 0 saturated heterocycles. The van der Waals surface area contributed by atoms with Crippen LogP contribution < -0.4 is 4.74 Å². The lowest BCUT2D eigenvalue weighted by Crippen LogP contribution is -1.94. The van der Waals surface area contributed by atoms with Crippen molar-refractivity contribution < 1.29 is 4.74 Å². The maximum Gasteiger partial charge on any atom is 0.120 e. The smallest absolute Gasteiger partial charge is 0.120 e. The van der Waals surface area contributed by atoms with Crippen LogP contribution in [0.15, 0.2) is 60.7 Å². The molecule has 0 atom stereocenters. The van der Waals surface area contributed by atoms with Gasteiger partial charge in [0.05, 0.1) is 11.2 Å². The molecular formula is C24H21N3O. The molecule has 28 heavy (non-hydrogen) atoms. The Hall–Kier alpha value is -3.71. The van der Waals surface area contributed by atoms with Crippen LogP contribution in [0, 0.1) is 18.8 Å². The fourth-order valence-electron chi connectivity index (χ4n) is 3.11. The molecule has 138 valence electrons. The van der Waals surface area contributed by atoms with Crippen molar-refractivity contribution in [1.82, 2.24) is 15.2 Å². The molecule has 0 amide bonds. The predicted octanol–water partition coefficient (Wildman–Crippen LogP) is 5.48. The molecular weight excluding hydrogens is 346 g/mol. The van der Waals surface area contributed by atoms with Crippen LogP contribution in [0.3, 0.4) is 0 Å². The average Bonchev–Trinajstić information content (AvgIpc) is 3.30. The molecule has 2 heterocycles. The van der Waals surface area contributed by atoms with Crippen LogP contribution in [0.2, 0.25) is 0 Å². The topological polar surface area (TPSA) is 53.7 Å². The number of allylic oxidation sites excluding steroid dienone is 1. The molecule has 2 aromatic carbocycles. The summed E-state index contributed by atoms with van der Waals surface area (Å²) in [5.41, 5.74) is 6.14. The molecule has 0 aliphatic rings. The zero-order valence-corrected chi connectivity index (χ0v) is 15.9. The van der Waals surface area contributed by atoms with Crippen LogP contribution in [0.25, 0.3) is 28.4 Å². The first-order chi connectivity index (χ1) is 13.7. The monoisotopic (exact) mass is 367 g/mol. The molecule has 0 saturated carbocycles. The van der Waals surface area contributed by atoms with Gasteiger partial charge in [-0.25, -0.2) is 0 Å². The van der Waals surface area contributed by atoms with Gasteiger partial charge in [0.25, 0.3) is 0 Å². The maximum atomic E-state index is 5.98. The van der Waals surface area contributed by atoms with E-state index in [2.05, 4.69) is 52.1 Å². The summed E-state index contributed by atoms with van der Waals surface area (Å²) < 4.78 is 5.98. The van der Waals surface area contributed by atoms with E-state index in [1.165, 1.54) is 0 Å². The van der Waals surface area contributed by atoms with Crippen molar-refractivity contribution in [2.45, 2.75) is 20.5 Å². The zero-order chi connectivity index (χ0) is 19.3. The summed E-state index contributed by atoms with van der Waals surface area (Å²) in [7, 11) is 0. The summed E-state index contributed by atoms with van der Waals surface area (Å²) in [6, 6.07) is 18.2. The summed E-state index contributed by atoms with van der Waals surface area (Å²) >= 11 is 0. The Morgan fingerprint density at radius 2 is 1.96 bits per heavy atom. The molecule has 0 bridgehead atoms. The third-order valence-corrected chi connectivity index (χ3v) is 4.57. The van der Waals surface area contributed by atoms with Crippen LogP contribution in [0.1, 0.15) is 23.7 Å². The molecule has 0 aliphatic carbocycles. The minimum absolute atomic E-state index is 0.536. The number of hydrogen-bond acceptors (Lipinski definition) is 2. The van der Waals surface area contributed by atoms with Crippen LogP contribution in [0.4, 0.5) is 0 Å². The molecule has 0 unspecified atom stereocenters. The predicted molar refractivity (Wildman–Crippen MR) is 114 cm³/mol. The lowest BCUT2D eigenvalue weighted by molar-refractivity contribution is 0.306. The molecule has 0 fully saturated rings. The Morgan fingerprint density at radius 1 is 1.11 bits per heavy atom.